The molecule has 0 N–H and O–H groups in total. The lowest BCUT2D eigenvalue weighted by Gasteiger charge is -2.04. The van der Waals surface area contributed by atoms with E-state index < -0.39 is 5.56 Å². The van der Waals surface area contributed by atoms with Crippen LogP contribution in [0.2, 0.25) is 0 Å². The fourth-order valence-electron chi connectivity index (χ4n) is 2.59. The van der Waals surface area contributed by atoms with Gasteiger partial charge in [0, 0.05) is 37.8 Å². The van der Waals surface area contributed by atoms with Gasteiger partial charge in [-0.15, -0.1) is 0 Å². The first kappa shape index (κ1) is 13.3. The highest BCUT2D eigenvalue weighted by Crippen LogP contribution is 2.26. The van der Waals surface area contributed by atoms with Crippen LogP contribution in [0.4, 0.5) is 0 Å². The number of aryl methyl sites for hydroxylation is 1. The molecule has 0 radical (unpaired) electrons. The summed E-state index contributed by atoms with van der Waals surface area (Å²) in [7, 11) is 3.01. The van der Waals surface area contributed by atoms with Gasteiger partial charge in [0.15, 0.2) is 5.78 Å². The molecule has 0 atom stereocenters. The van der Waals surface area contributed by atoms with Crippen LogP contribution in [-0.4, -0.2) is 14.9 Å². The molecule has 0 bridgehead atoms. The number of fused-ring (bicyclic) bond motifs is 1. The Morgan fingerprint density at radius 2 is 1.81 bits per heavy atom. The number of allylic oxidation sites excluding steroid dienone is 1. The minimum atomic E-state index is -0.394. The molecule has 1 heterocycles. The summed E-state index contributed by atoms with van der Waals surface area (Å²) in [6, 6.07) is 7.41. The number of ketones is 1. The Labute approximate surface area is 120 Å². The molecule has 0 aliphatic heterocycles. The average molecular weight is 282 g/mol. The highest BCUT2D eigenvalue weighted by Gasteiger charge is 2.24. The summed E-state index contributed by atoms with van der Waals surface area (Å²) >= 11 is 0. The Morgan fingerprint density at radius 3 is 2.52 bits per heavy atom. The van der Waals surface area contributed by atoms with Gasteiger partial charge >= 0.3 is 5.69 Å². The highest BCUT2D eigenvalue weighted by molar-refractivity contribution is 6.15. The van der Waals surface area contributed by atoms with Crippen molar-refractivity contribution in [3.05, 3.63) is 73.6 Å². The molecule has 0 saturated heterocycles. The van der Waals surface area contributed by atoms with Crippen LogP contribution >= 0.6 is 0 Å². The van der Waals surface area contributed by atoms with Gasteiger partial charge < -0.3 is 4.57 Å². The van der Waals surface area contributed by atoms with Crippen molar-refractivity contribution < 1.29 is 4.79 Å². The van der Waals surface area contributed by atoms with Crippen molar-refractivity contribution in [1.82, 2.24) is 9.13 Å². The number of carbonyl (C=O) groups is 1. The van der Waals surface area contributed by atoms with Crippen molar-refractivity contribution in [2.24, 2.45) is 14.1 Å². The molecule has 1 aliphatic carbocycles. The van der Waals surface area contributed by atoms with Crippen LogP contribution in [0.1, 0.15) is 21.5 Å². The number of hydrogen-bond donors (Lipinski definition) is 0. The largest absolute Gasteiger partial charge is 0.330 e. The number of nitrogens with zero attached hydrogens (tertiary/aromatic N) is 2. The van der Waals surface area contributed by atoms with Crippen LogP contribution in [0.3, 0.4) is 0 Å². The highest BCUT2D eigenvalue weighted by atomic mass is 16.2. The molecule has 0 amide bonds. The van der Waals surface area contributed by atoms with E-state index in [0.29, 0.717) is 23.1 Å². The molecule has 0 spiro atoms. The number of rotatable bonds is 1. The van der Waals surface area contributed by atoms with Crippen molar-refractivity contribution in [3.8, 4) is 0 Å². The molecule has 1 aromatic heterocycles. The van der Waals surface area contributed by atoms with Crippen molar-refractivity contribution in [3.63, 3.8) is 0 Å². The van der Waals surface area contributed by atoms with Gasteiger partial charge in [-0.25, -0.2) is 4.79 Å². The third kappa shape index (κ3) is 2.07. The van der Waals surface area contributed by atoms with Crippen LogP contribution in [0.25, 0.3) is 6.08 Å². The Bertz CT molecular complexity index is 900. The first-order valence-electron chi connectivity index (χ1n) is 6.59. The van der Waals surface area contributed by atoms with E-state index in [4.69, 9.17) is 0 Å². The topological polar surface area (TPSA) is 61.1 Å². The van der Waals surface area contributed by atoms with Crippen LogP contribution < -0.4 is 11.2 Å². The van der Waals surface area contributed by atoms with E-state index in [1.54, 1.807) is 19.2 Å². The summed E-state index contributed by atoms with van der Waals surface area (Å²) in [5.41, 5.74) is 1.79. The monoisotopic (exact) mass is 282 g/mol. The van der Waals surface area contributed by atoms with Gasteiger partial charge in [0.25, 0.3) is 5.56 Å². The van der Waals surface area contributed by atoms with E-state index in [1.165, 1.54) is 17.8 Å². The maximum atomic E-state index is 12.3. The number of Topliss-reactive ketones (excluding diaryl/α,β-unsaturated/α-hetero) is 1. The van der Waals surface area contributed by atoms with E-state index in [0.717, 1.165) is 10.1 Å². The zero-order valence-electron chi connectivity index (χ0n) is 11.8. The Morgan fingerprint density at radius 1 is 1.10 bits per heavy atom. The summed E-state index contributed by atoms with van der Waals surface area (Å²) in [6.45, 7) is 0. The molecule has 0 fully saturated rings. The molecule has 0 unspecified atom stereocenters. The molecule has 2 aromatic rings. The number of carbonyl (C=O) groups excluding carboxylic acids is 1. The standard InChI is InChI=1S/C16H14N2O3/c1-17-9-12(15(20)18(2)16(17)21)8-11-7-10-5-3-4-6-13(10)14(11)19/h3-6,8-9H,7H2,1-2H3/b11-8-. The minimum absolute atomic E-state index is 0.0542. The van der Waals surface area contributed by atoms with Crippen molar-refractivity contribution in [1.29, 1.82) is 0 Å². The van der Waals surface area contributed by atoms with Gasteiger partial charge in [-0.2, -0.15) is 0 Å². The molecule has 1 aromatic carbocycles. The number of aromatic nitrogens is 2. The van der Waals surface area contributed by atoms with Gasteiger partial charge in [-0.05, 0) is 11.6 Å². The molecule has 5 heteroatoms. The maximum absolute atomic E-state index is 12.3. The van der Waals surface area contributed by atoms with Crippen LogP contribution in [-0.2, 0) is 20.5 Å². The summed E-state index contributed by atoms with van der Waals surface area (Å²) in [4.78, 5) is 36.1. The average Bonchev–Trinajstić information content (AvgIpc) is 2.79. The van der Waals surface area contributed by atoms with E-state index in [1.807, 2.05) is 18.2 Å². The molecular formula is C16H14N2O3. The van der Waals surface area contributed by atoms with E-state index in [9.17, 15) is 14.4 Å². The van der Waals surface area contributed by atoms with Crippen LogP contribution in [0.5, 0.6) is 0 Å². The van der Waals surface area contributed by atoms with Crippen molar-refractivity contribution in [2.75, 3.05) is 0 Å². The minimum Gasteiger partial charge on any atom is -0.303 e. The molecule has 21 heavy (non-hydrogen) atoms. The van der Waals surface area contributed by atoms with Gasteiger partial charge in [-0.1, -0.05) is 24.3 Å². The third-order valence-corrected chi connectivity index (χ3v) is 3.74. The van der Waals surface area contributed by atoms with Crippen LogP contribution in [0.15, 0.2) is 45.6 Å². The van der Waals surface area contributed by atoms with Gasteiger partial charge in [0.1, 0.15) is 0 Å². The third-order valence-electron chi connectivity index (χ3n) is 3.74. The first-order valence-corrected chi connectivity index (χ1v) is 6.59. The molecule has 3 rings (SSSR count). The lowest BCUT2D eigenvalue weighted by Crippen LogP contribution is -2.37. The van der Waals surface area contributed by atoms with Gasteiger partial charge in [0.2, 0.25) is 0 Å². The normalized spacial score (nSPS) is 15.5. The van der Waals surface area contributed by atoms with E-state index in [-0.39, 0.29) is 11.5 Å². The molecule has 0 saturated carbocycles. The lowest BCUT2D eigenvalue weighted by molar-refractivity contribution is 0.104. The second-order valence-corrected chi connectivity index (χ2v) is 5.17. The Hall–Kier alpha value is -2.69. The van der Waals surface area contributed by atoms with Crippen molar-refractivity contribution >= 4 is 11.9 Å². The Balaban J connectivity index is 2.12. The predicted molar refractivity (Wildman–Crippen MR) is 79.4 cm³/mol. The van der Waals surface area contributed by atoms with Gasteiger partial charge in [-0.3, -0.25) is 14.2 Å². The van der Waals surface area contributed by atoms with E-state index in [2.05, 4.69) is 0 Å². The number of benzene rings is 1. The fraction of sp³-hybridized carbons (Fsp3) is 0.188. The maximum Gasteiger partial charge on any atom is 0.330 e. The van der Waals surface area contributed by atoms with Crippen molar-refractivity contribution in [2.45, 2.75) is 6.42 Å². The molecular weight excluding hydrogens is 268 g/mol. The Kier molecular flexibility index (Phi) is 2.97. The summed E-state index contributed by atoms with van der Waals surface area (Å²) in [5, 5.41) is 0. The second-order valence-electron chi connectivity index (χ2n) is 5.17. The second kappa shape index (κ2) is 4.70. The first-order chi connectivity index (χ1) is 9.99. The predicted octanol–water partition coefficient (Wildman–Crippen LogP) is 0.906. The molecule has 5 nitrogen and oxygen atoms in total. The molecule has 1 aliphatic rings. The smallest absolute Gasteiger partial charge is 0.303 e. The summed E-state index contributed by atoms with van der Waals surface area (Å²) < 4.78 is 2.37. The molecule has 106 valence electrons. The fourth-order valence-corrected chi connectivity index (χ4v) is 2.59. The SMILES string of the molecule is Cn1cc(/C=C2/Cc3ccccc3C2=O)c(=O)n(C)c1=O. The zero-order valence-corrected chi connectivity index (χ0v) is 11.8. The van der Waals surface area contributed by atoms with Gasteiger partial charge in [0.05, 0.1) is 5.56 Å². The summed E-state index contributed by atoms with van der Waals surface area (Å²) in [6.07, 6.45) is 3.57. The van der Waals surface area contributed by atoms with E-state index >= 15 is 0 Å². The quantitative estimate of drug-likeness (QED) is 0.730. The van der Waals surface area contributed by atoms with Crippen LogP contribution in [0, 0.1) is 0 Å². The zero-order chi connectivity index (χ0) is 15.1. The lowest BCUT2D eigenvalue weighted by atomic mass is 10.1. The summed E-state index contributed by atoms with van der Waals surface area (Å²) in [5.74, 6) is -0.0542. The number of hydrogen-bond acceptors (Lipinski definition) is 3.